The van der Waals surface area contributed by atoms with Crippen LogP contribution in [0.4, 0.5) is 0 Å². The van der Waals surface area contributed by atoms with Crippen LogP contribution < -0.4 is 0 Å². The lowest BCUT2D eigenvalue weighted by Gasteiger charge is -2.20. The Labute approximate surface area is 92.8 Å². The zero-order chi connectivity index (χ0) is 11.5. The predicted octanol–water partition coefficient (Wildman–Crippen LogP) is 4.01. The summed E-state index contributed by atoms with van der Waals surface area (Å²) in [5.74, 6) is 0.915. The Morgan fingerprint density at radius 3 is 2.47 bits per heavy atom. The number of allylic oxidation sites excluding steroid dienone is 4. The molecule has 0 unspecified atom stereocenters. The predicted molar refractivity (Wildman–Crippen MR) is 65.5 cm³/mol. The van der Waals surface area contributed by atoms with Crippen LogP contribution in [0.25, 0.3) is 0 Å². The van der Waals surface area contributed by atoms with Gasteiger partial charge in [0.05, 0.1) is 6.61 Å². The van der Waals surface area contributed by atoms with Gasteiger partial charge in [0.15, 0.2) is 0 Å². The number of rotatable bonds is 3. The Bertz CT molecular complexity index is 324. The molecule has 0 aromatic heterocycles. The van der Waals surface area contributed by atoms with Crippen molar-refractivity contribution in [3.63, 3.8) is 0 Å². The summed E-state index contributed by atoms with van der Waals surface area (Å²) in [6.07, 6.45) is 6.85. The Balaban J connectivity index is 3.03. The standard InChI is InChI=1S/C14H20O/c1-6-12(14(3,4)5)10-11-8-9-15-13(11)7-2/h6-7,10H,1-2,8-9H2,3-5H3/b12-10+. The van der Waals surface area contributed by atoms with Gasteiger partial charge in [-0.25, -0.2) is 0 Å². The maximum atomic E-state index is 5.46. The van der Waals surface area contributed by atoms with Crippen LogP contribution in [0.5, 0.6) is 0 Å². The largest absolute Gasteiger partial charge is 0.493 e. The fourth-order valence-corrected chi connectivity index (χ4v) is 1.59. The fourth-order valence-electron chi connectivity index (χ4n) is 1.59. The highest BCUT2D eigenvalue weighted by atomic mass is 16.5. The van der Waals surface area contributed by atoms with Crippen LogP contribution in [0.2, 0.25) is 0 Å². The van der Waals surface area contributed by atoms with E-state index in [-0.39, 0.29) is 5.41 Å². The van der Waals surface area contributed by atoms with Gasteiger partial charge in [-0.2, -0.15) is 0 Å². The van der Waals surface area contributed by atoms with Crippen molar-refractivity contribution in [2.24, 2.45) is 5.41 Å². The van der Waals surface area contributed by atoms with Crippen LogP contribution in [-0.2, 0) is 4.74 Å². The topological polar surface area (TPSA) is 9.23 Å². The third-order valence-electron chi connectivity index (χ3n) is 2.55. The van der Waals surface area contributed by atoms with Gasteiger partial charge < -0.3 is 4.74 Å². The van der Waals surface area contributed by atoms with Gasteiger partial charge in [0.25, 0.3) is 0 Å². The molecule has 0 fully saturated rings. The molecule has 0 radical (unpaired) electrons. The van der Waals surface area contributed by atoms with Crippen LogP contribution in [-0.4, -0.2) is 6.61 Å². The van der Waals surface area contributed by atoms with Crippen molar-refractivity contribution in [2.45, 2.75) is 27.2 Å². The minimum atomic E-state index is 0.129. The molecule has 0 aromatic rings. The monoisotopic (exact) mass is 204 g/mol. The molecule has 1 aliphatic rings. The van der Waals surface area contributed by atoms with Crippen LogP contribution in [0, 0.1) is 5.41 Å². The second kappa shape index (κ2) is 4.52. The molecule has 1 heterocycles. The maximum Gasteiger partial charge on any atom is 0.122 e. The fraction of sp³-hybridized carbons (Fsp3) is 0.429. The first-order chi connectivity index (χ1) is 6.99. The molecule has 0 aromatic carbocycles. The molecule has 15 heavy (non-hydrogen) atoms. The molecular weight excluding hydrogens is 184 g/mol. The van der Waals surface area contributed by atoms with Gasteiger partial charge in [-0.1, -0.05) is 46.1 Å². The first kappa shape index (κ1) is 11.8. The van der Waals surface area contributed by atoms with E-state index < -0.39 is 0 Å². The summed E-state index contributed by atoms with van der Waals surface area (Å²) in [5, 5.41) is 0. The molecule has 82 valence electrons. The van der Waals surface area contributed by atoms with Crippen molar-refractivity contribution in [3.05, 3.63) is 48.3 Å². The molecule has 0 saturated carbocycles. The zero-order valence-electron chi connectivity index (χ0n) is 9.97. The van der Waals surface area contributed by atoms with E-state index in [0.717, 1.165) is 18.8 Å². The molecule has 0 amide bonds. The van der Waals surface area contributed by atoms with Crippen molar-refractivity contribution >= 4 is 0 Å². The van der Waals surface area contributed by atoms with E-state index in [9.17, 15) is 0 Å². The highest BCUT2D eigenvalue weighted by molar-refractivity contribution is 5.38. The highest BCUT2D eigenvalue weighted by Gasteiger charge is 2.17. The Hall–Kier alpha value is -1.24. The van der Waals surface area contributed by atoms with Crippen molar-refractivity contribution in [2.75, 3.05) is 6.61 Å². The minimum Gasteiger partial charge on any atom is -0.493 e. The smallest absolute Gasteiger partial charge is 0.122 e. The van der Waals surface area contributed by atoms with E-state index in [2.05, 4.69) is 40.0 Å². The van der Waals surface area contributed by atoms with Gasteiger partial charge in [0, 0.05) is 6.42 Å². The van der Waals surface area contributed by atoms with Crippen molar-refractivity contribution in [1.29, 1.82) is 0 Å². The molecule has 1 nitrogen and oxygen atoms in total. The lowest BCUT2D eigenvalue weighted by atomic mass is 9.85. The summed E-state index contributed by atoms with van der Waals surface area (Å²) in [6.45, 7) is 14.9. The Kier molecular flexibility index (Phi) is 3.57. The van der Waals surface area contributed by atoms with Crippen LogP contribution in [0.1, 0.15) is 27.2 Å². The van der Waals surface area contributed by atoms with E-state index >= 15 is 0 Å². The molecule has 1 aliphatic heterocycles. The van der Waals surface area contributed by atoms with E-state index in [1.807, 2.05) is 6.08 Å². The average Bonchev–Trinajstić information content (AvgIpc) is 2.59. The zero-order valence-corrected chi connectivity index (χ0v) is 9.97. The third kappa shape index (κ3) is 2.85. The lowest BCUT2D eigenvalue weighted by molar-refractivity contribution is 0.257. The summed E-state index contributed by atoms with van der Waals surface area (Å²) in [7, 11) is 0. The second-order valence-electron chi connectivity index (χ2n) is 4.75. The van der Waals surface area contributed by atoms with E-state index in [0.29, 0.717) is 0 Å². The molecule has 0 saturated heterocycles. The van der Waals surface area contributed by atoms with Gasteiger partial charge in [-0.05, 0) is 22.6 Å². The summed E-state index contributed by atoms with van der Waals surface area (Å²) in [5.41, 5.74) is 2.60. The molecule has 1 heteroatoms. The van der Waals surface area contributed by atoms with Crippen molar-refractivity contribution in [1.82, 2.24) is 0 Å². The van der Waals surface area contributed by atoms with Crippen molar-refractivity contribution in [3.8, 4) is 0 Å². The van der Waals surface area contributed by atoms with Crippen LogP contribution >= 0.6 is 0 Å². The Morgan fingerprint density at radius 2 is 2.00 bits per heavy atom. The van der Waals surface area contributed by atoms with Gasteiger partial charge >= 0.3 is 0 Å². The van der Waals surface area contributed by atoms with Gasteiger partial charge in [0.2, 0.25) is 0 Å². The quantitative estimate of drug-likeness (QED) is 0.631. The minimum absolute atomic E-state index is 0.129. The van der Waals surface area contributed by atoms with Crippen LogP contribution in [0.3, 0.4) is 0 Å². The van der Waals surface area contributed by atoms with Gasteiger partial charge in [-0.3, -0.25) is 0 Å². The third-order valence-corrected chi connectivity index (χ3v) is 2.55. The summed E-state index contributed by atoms with van der Waals surface area (Å²) >= 11 is 0. The van der Waals surface area contributed by atoms with E-state index in [1.54, 1.807) is 6.08 Å². The summed E-state index contributed by atoms with van der Waals surface area (Å²) in [6, 6.07) is 0. The molecule has 0 aliphatic carbocycles. The van der Waals surface area contributed by atoms with E-state index in [4.69, 9.17) is 4.74 Å². The molecular formula is C14H20O. The number of hydrogen-bond acceptors (Lipinski definition) is 1. The molecule has 1 rings (SSSR count). The van der Waals surface area contributed by atoms with Gasteiger partial charge in [0.1, 0.15) is 5.76 Å². The van der Waals surface area contributed by atoms with Gasteiger partial charge in [-0.15, -0.1) is 0 Å². The maximum absolute atomic E-state index is 5.46. The first-order valence-corrected chi connectivity index (χ1v) is 5.32. The summed E-state index contributed by atoms with van der Waals surface area (Å²) < 4.78 is 5.46. The highest BCUT2D eigenvalue weighted by Crippen LogP contribution is 2.30. The molecule has 0 spiro atoms. The first-order valence-electron chi connectivity index (χ1n) is 5.32. The normalized spacial score (nSPS) is 17.7. The number of ether oxygens (including phenoxy) is 1. The SMILES string of the molecule is C=CC1=C(/C=C(\C=C)C(C)(C)C)CCO1. The second-order valence-corrected chi connectivity index (χ2v) is 4.75. The van der Waals surface area contributed by atoms with Crippen LogP contribution in [0.15, 0.2) is 48.3 Å². The lowest BCUT2D eigenvalue weighted by Crippen LogP contribution is -2.07. The molecule has 0 N–H and O–H groups in total. The average molecular weight is 204 g/mol. The number of hydrogen-bond donors (Lipinski definition) is 0. The van der Waals surface area contributed by atoms with E-state index in [1.165, 1.54) is 11.1 Å². The molecule has 0 atom stereocenters. The Morgan fingerprint density at radius 1 is 1.33 bits per heavy atom. The van der Waals surface area contributed by atoms with Crippen molar-refractivity contribution < 1.29 is 4.74 Å². The summed E-state index contributed by atoms with van der Waals surface area (Å²) in [4.78, 5) is 0. The molecule has 0 bridgehead atoms.